The Hall–Kier alpha value is -1.81. The van der Waals surface area contributed by atoms with Gasteiger partial charge in [-0.3, -0.25) is 4.79 Å². The van der Waals surface area contributed by atoms with E-state index in [1.165, 1.54) is 11.3 Å². The van der Waals surface area contributed by atoms with E-state index < -0.39 is 0 Å². The third kappa shape index (κ3) is 3.11. The number of phenolic OH excluding ortho intramolecular Hbond substituents is 1. The van der Waals surface area contributed by atoms with Crippen LogP contribution in [0.25, 0.3) is 0 Å². The van der Waals surface area contributed by atoms with Crippen molar-refractivity contribution in [1.82, 2.24) is 5.32 Å². The number of aromatic hydroxyl groups is 1. The van der Waals surface area contributed by atoms with Gasteiger partial charge in [0.05, 0.1) is 5.56 Å². The Kier molecular flexibility index (Phi) is 3.99. The van der Waals surface area contributed by atoms with E-state index in [0.717, 1.165) is 23.1 Å². The molecule has 1 aromatic carbocycles. The van der Waals surface area contributed by atoms with Crippen LogP contribution in [0.15, 0.2) is 35.0 Å². The van der Waals surface area contributed by atoms with Crippen molar-refractivity contribution in [3.8, 4) is 5.75 Å². The van der Waals surface area contributed by atoms with Gasteiger partial charge in [-0.2, -0.15) is 11.3 Å². The SMILES string of the molecule is Cc1cscc1C(=O)NCCc1ccc(O)cc1. The molecule has 2 N–H and O–H groups in total. The highest BCUT2D eigenvalue weighted by molar-refractivity contribution is 7.08. The highest BCUT2D eigenvalue weighted by Gasteiger charge is 2.08. The van der Waals surface area contributed by atoms with Crippen molar-refractivity contribution in [2.45, 2.75) is 13.3 Å². The van der Waals surface area contributed by atoms with Crippen LogP contribution in [0.3, 0.4) is 0 Å². The number of hydrogen-bond acceptors (Lipinski definition) is 3. The van der Waals surface area contributed by atoms with E-state index in [4.69, 9.17) is 5.11 Å². The molecule has 1 heterocycles. The van der Waals surface area contributed by atoms with Crippen LogP contribution >= 0.6 is 11.3 Å². The summed E-state index contributed by atoms with van der Waals surface area (Å²) in [7, 11) is 0. The van der Waals surface area contributed by atoms with Crippen LogP contribution in [-0.4, -0.2) is 17.6 Å². The van der Waals surface area contributed by atoms with Gasteiger partial charge >= 0.3 is 0 Å². The van der Waals surface area contributed by atoms with Gasteiger partial charge in [-0.05, 0) is 42.0 Å². The molecule has 0 spiro atoms. The van der Waals surface area contributed by atoms with Crippen LogP contribution in [0.4, 0.5) is 0 Å². The predicted octanol–water partition coefficient (Wildman–Crippen LogP) is 2.73. The fourth-order valence-electron chi connectivity index (χ4n) is 1.67. The first kappa shape index (κ1) is 12.6. The fourth-order valence-corrected chi connectivity index (χ4v) is 2.50. The molecule has 18 heavy (non-hydrogen) atoms. The summed E-state index contributed by atoms with van der Waals surface area (Å²) >= 11 is 1.54. The molecule has 0 aliphatic carbocycles. The van der Waals surface area contributed by atoms with Crippen LogP contribution in [-0.2, 0) is 6.42 Å². The average molecular weight is 261 g/mol. The van der Waals surface area contributed by atoms with Gasteiger partial charge in [-0.1, -0.05) is 12.1 Å². The van der Waals surface area contributed by atoms with Crippen molar-refractivity contribution in [2.75, 3.05) is 6.54 Å². The van der Waals surface area contributed by atoms with E-state index in [0.29, 0.717) is 6.54 Å². The number of thiophene rings is 1. The van der Waals surface area contributed by atoms with E-state index in [1.54, 1.807) is 12.1 Å². The highest BCUT2D eigenvalue weighted by Crippen LogP contribution is 2.13. The maximum absolute atomic E-state index is 11.8. The molecule has 2 rings (SSSR count). The van der Waals surface area contributed by atoms with Crippen molar-refractivity contribution in [2.24, 2.45) is 0 Å². The van der Waals surface area contributed by atoms with Gasteiger partial charge in [-0.25, -0.2) is 0 Å². The Morgan fingerprint density at radius 1 is 1.28 bits per heavy atom. The number of amides is 1. The molecular weight excluding hydrogens is 246 g/mol. The zero-order chi connectivity index (χ0) is 13.0. The van der Waals surface area contributed by atoms with Gasteiger partial charge in [0, 0.05) is 11.9 Å². The van der Waals surface area contributed by atoms with E-state index in [2.05, 4.69) is 5.32 Å². The van der Waals surface area contributed by atoms with Crippen molar-refractivity contribution < 1.29 is 9.90 Å². The standard InChI is InChI=1S/C14H15NO2S/c1-10-8-18-9-13(10)14(17)15-7-6-11-2-4-12(16)5-3-11/h2-5,8-9,16H,6-7H2,1H3,(H,15,17). The largest absolute Gasteiger partial charge is 0.508 e. The molecule has 0 saturated carbocycles. The van der Waals surface area contributed by atoms with Crippen LogP contribution < -0.4 is 5.32 Å². The third-order valence-electron chi connectivity index (χ3n) is 2.74. The Bertz CT molecular complexity index is 531. The number of nitrogens with one attached hydrogen (secondary N) is 1. The minimum Gasteiger partial charge on any atom is -0.508 e. The summed E-state index contributed by atoms with van der Waals surface area (Å²) in [5.41, 5.74) is 2.86. The first-order valence-electron chi connectivity index (χ1n) is 5.75. The number of hydrogen-bond donors (Lipinski definition) is 2. The molecule has 0 bridgehead atoms. The maximum atomic E-state index is 11.8. The molecule has 0 aliphatic heterocycles. The molecule has 0 atom stereocenters. The lowest BCUT2D eigenvalue weighted by atomic mass is 10.1. The summed E-state index contributed by atoms with van der Waals surface area (Å²) in [5, 5.41) is 15.9. The second-order valence-corrected chi connectivity index (χ2v) is 4.88. The molecule has 1 aromatic heterocycles. The van der Waals surface area contributed by atoms with Gasteiger partial charge in [0.15, 0.2) is 0 Å². The quantitative estimate of drug-likeness (QED) is 0.889. The van der Waals surface area contributed by atoms with Crippen molar-refractivity contribution in [1.29, 1.82) is 0 Å². The van der Waals surface area contributed by atoms with Crippen LogP contribution in [0.1, 0.15) is 21.5 Å². The summed E-state index contributed by atoms with van der Waals surface area (Å²) in [6.45, 7) is 2.53. The van der Waals surface area contributed by atoms with Crippen molar-refractivity contribution in [3.63, 3.8) is 0 Å². The molecule has 4 heteroatoms. The van der Waals surface area contributed by atoms with E-state index in [9.17, 15) is 4.79 Å². The van der Waals surface area contributed by atoms with Gasteiger partial charge < -0.3 is 10.4 Å². The van der Waals surface area contributed by atoms with E-state index in [-0.39, 0.29) is 11.7 Å². The van der Waals surface area contributed by atoms with Gasteiger partial charge in [0.2, 0.25) is 0 Å². The number of carbonyl (C=O) groups is 1. The Morgan fingerprint density at radius 3 is 2.61 bits per heavy atom. The minimum absolute atomic E-state index is 0.0208. The predicted molar refractivity (Wildman–Crippen MR) is 73.2 cm³/mol. The summed E-state index contributed by atoms with van der Waals surface area (Å²) in [5.74, 6) is 0.240. The molecule has 2 aromatic rings. The average Bonchev–Trinajstić information content (AvgIpc) is 2.78. The Balaban J connectivity index is 1.84. The van der Waals surface area contributed by atoms with Crippen LogP contribution in [0, 0.1) is 6.92 Å². The number of carbonyl (C=O) groups excluding carboxylic acids is 1. The Labute approximate surface area is 110 Å². The molecular formula is C14H15NO2S. The van der Waals surface area contributed by atoms with Gasteiger partial charge in [0.1, 0.15) is 5.75 Å². The van der Waals surface area contributed by atoms with E-state index in [1.807, 2.05) is 29.8 Å². The van der Waals surface area contributed by atoms with Gasteiger partial charge in [0.25, 0.3) is 5.91 Å². The van der Waals surface area contributed by atoms with Gasteiger partial charge in [-0.15, -0.1) is 0 Å². The molecule has 0 unspecified atom stereocenters. The smallest absolute Gasteiger partial charge is 0.252 e. The molecule has 3 nitrogen and oxygen atoms in total. The van der Waals surface area contributed by atoms with Crippen LogP contribution in [0.2, 0.25) is 0 Å². The lowest BCUT2D eigenvalue weighted by molar-refractivity contribution is 0.0954. The molecule has 0 radical (unpaired) electrons. The maximum Gasteiger partial charge on any atom is 0.252 e. The highest BCUT2D eigenvalue weighted by atomic mass is 32.1. The monoisotopic (exact) mass is 261 g/mol. The summed E-state index contributed by atoms with van der Waals surface area (Å²) in [6.07, 6.45) is 0.759. The van der Waals surface area contributed by atoms with Crippen molar-refractivity contribution in [3.05, 3.63) is 51.7 Å². The zero-order valence-corrected chi connectivity index (χ0v) is 11.0. The fraction of sp³-hybridized carbons (Fsp3) is 0.214. The molecule has 94 valence electrons. The lowest BCUT2D eigenvalue weighted by Crippen LogP contribution is -2.25. The van der Waals surface area contributed by atoms with E-state index >= 15 is 0 Å². The third-order valence-corrected chi connectivity index (χ3v) is 3.60. The van der Waals surface area contributed by atoms with Crippen LogP contribution in [0.5, 0.6) is 5.75 Å². The normalized spacial score (nSPS) is 10.3. The lowest BCUT2D eigenvalue weighted by Gasteiger charge is -2.05. The molecule has 0 fully saturated rings. The molecule has 0 aliphatic rings. The number of rotatable bonds is 4. The summed E-state index contributed by atoms with van der Waals surface area (Å²) in [4.78, 5) is 11.8. The number of aryl methyl sites for hydroxylation is 1. The Morgan fingerprint density at radius 2 is 2.00 bits per heavy atom. The summed E-state index contributed by atoms with van der Waals surface area (Å²) in [6, 6.07) is 7.02. The summed E-state index contributed by atoms with van der Waals surface area (Å²) < 4.78 is 0. The number of phenols is 1. The first-order chi connectivity index (χ1) is 8.66. The first-order valence-corrected chi connectivity index (χ1v) is 6.70. The molecule has 0 saturated heterocycles. The topological polar surface area (TPSA) is 49.3 Å². The minimum atomic E-state index is -0.0208. The van der Waals surface area contributed by atoms with Crippen molar-refractivity contribution >= 4 is 17.2 Å². The second-order valence-electron chi connectivity index (χ2n) is 4.14. The molecule has 1 amide bonds. The number of benzene rings is 1. The second kappa shape index (κ2) is 5.69. The zero-order valence-electron chi connectivity index (χ0n) is 10.1.